The van der Waals surface area contributed by atoms with Gasteiger partial charge in [-0.3, -0.25) is 0 Å². The Kier molecular flexibility index (Phi) is 5.66. The number of carbonyl (C=O) groups excluding carboxylic acids is 1. The Morgan fingerprint density at radius 3 is 2.52 bits per heavy atom. The van der Waals surface area contributed by atoms with Gasteiger partial charge in [0.15, 0.2) is 0 Å². The van der Waals surface area contributed by atoms with Crippen molar-refractivity contribution in [2.75, 3.05) is 23.9 Å². The van der Waals surface area contributed by atoms with E-state index >= 15 is 0 Å². The summed E-state index contributed by atoms with van der Waals surface area (Å²) in [7, 11) is 1.92. The molecule has 27 heavy (non-hydrogen) atoms. The fourth-order valence-corrected chi connectivity index (χ4v) is 2.65. The van der Waals surface area contributed by atoms with Crippen molar-refractivity contribution in [3.63, 3.8) is 0 Å². The molecule has 3 rings (SSSR count). The Hall–Kier alpha value is -3.41. The van der Waals surface area contributed by atoms with Gasteiger partial charge < -0.3 is 15.0 Å². The molecule has 6 nitrogen and oxygen atoms in total. The number of para-hydroxylation sites is 2. The second kappa shape index (κ2) is 8.31. The number of ether oxygens (including phenoxy) is 1. The normalized spacial score (nSPS) is 10.3. The molecule has 1 heterocycles. The van der Waals surface area contributed by atoms with Crippen molar-refractivity contribution in [2.24, 2.45) is 0 Å². The maximum atomic E-state index is 12.2. The molecule has 0 saturated carbocycles. The van der Waals surface area contributed by atoms with Crippen LogP contribution in [0, 0.1) is 6.92 Å². The lowest BCUT2D eigenvalue weighted by atomic mass is 10.2. The highest BCUT2D eigenvalue weighted by atomic mass is 16.5. The van der Waals surface area contributed by atoms with Crippen LogP contribution in [-0.2, 0) is 4.74 Å². The average molecular weight is 362 g/mol. The molecule has 6 heteroatoms. The van der Waals surface area contributed by atoms with Gasteiger partial charge in [0.1, 0.15) is 5.82 Å². The number of nitrogens with one attached hydrogen (secondary N) is 1. The summed E-state index contributed by atoms with van der Waals surface area (Å²) in [5.41, 5.74) is 2.91. The summed E-state index contributed by atoms with van der Waals surface area (Å²) in [6.07, 6.45) is 0. The number of anilines is 4. The third kappa shape index (κ3) is 4.41. The first-order valence-corrected chi connectivity index (χ1v) is 8.76. The zero-order chi connectivity index (χ0) is 19.2. The van der Waals surface area contributed by atoms with Crippen LogP contribution < -0.4 is 10.2 Å². The van der Waals surface area contributed by atoms with Crippen molar-refractivity contribution in [2.45, 2.75) is 13.8 Å². The summed E-state index contributed by atoms with van der Waals surface area (Å²) in [5, 5.41) is 3.22. The highest BCUT2D eigenvalue weighted by Gasteiger charge is 2.14. The average Bonchev–Trinajstić information content (AvgIpc) is 2.68. The number of aromatic nitrogens is 2. The van der Waals surface area contributed by atoms with Crippen molar-refractivity contribution >= 4 is 29.1 Å². The largest absolute Gasteiger partial charge is 0.462 e. The number of rotatable bonds is 6. The maximum Gasteiger partial charge on any atom is 0.340 e. The van der Waals surface area contributed by atoms with E-state index in [2.05, 4.69) is 15.3 Å². The minimum atomic E-state index is -0.368. The number of esters is 1. The van der Waals surface area contributed by atoms with Crippen molar-refractivity contribution < 1.29 is 9.53 Å². The van der Waals surface area contributed by atoms with Crippen molar-refractivity contribution in [1.82, 2.24) is 9.97 Å². The maximum absolute atomic E-state index is 12.2. The van der Waals surface area contributed by atoms with Gasteiger partial charge in [-0.05, 0) is 38.1 Å². The topological polar surface area (TPSA) is 67.3 Å². The van der Waals surface area contributed by atoms with Gasteiger partial charge in [0.25, 0.3) is 0 Å². The lowest BCUT2D eigenvalue weighted by molar-refractivity contribution is 0.0527. The molecule has 2 aromatic carbocycles. The van der Waals surface area contributed by atoms with E-state index in [-0.39, 0.29) is 5.97 Å². The van der Waals surface area contributed by atoms with Gasteiger partial charge in [0.2, 0.25) is 5.95 Å². The molecule has 1 aromatic heterocycles. The lowest BCUT2D eigenvalue weighted by Crippen LogP contribution is -2.14. The quantitative estimate of drug-likeness (QED) is 0.653. The number of hydrogen-bond acceptors (Lipinski definition) is 6. The fourth-order valence-electron chi connectivity index (χ4n) is 2.65. The third-order valence-electron chi connectivity index (χ3n) is 3.97. The molecule has 0 aliphatic heterocycles. The standard InChI is InChI=1S/C21H22N4O2/c1-4-27-20(26)17-12-8-9-13-18(17)23-19-14-15(2)22-21(24-19)25(3)16-10-6-5-7-11-16/h5-14H,4H2,1-3H3,(H,22,23,24). The first kappa shape index (κ1) is 18.4. The van der Waals surface area contributed by atoms with Gasteiger partial charge in [-0.1, -0.05) is 30.3 Å². The Bertz CT molecular complexity index is 928. The summed E-state index contributed by atoms with van der Waals surface area (Å²) in [6.45, 7) is 4.02. The van der Waals surface area contributed by atoms with Crippen LogP contribution >= 0.6 is 0 Å². The number of aryl methyl sites for hydroxylation is 1. The molecule has 0 unspecified atom stereocenters. The molecule has 0 bridgehead atoms. The monoisotopic (exact) mass is 362 g/mol. The second-order valence-electron chi connectivity index (χ2n) is 5.98. The Morgan fingerprint density at radius 1 is 1.07 bits per heavy atom. The van der Waals surface area contributed by atoms with E-state index in [1.807, 2.05) is 67.4 Å². The lowest BCUT2D eigenvalue weighted by Gasteiger charge is -2.19. The summed E-state index contributed by atoms with van der Waals surface area (Å²) in [4.78, 5) is 23.2. The van der Waals surface area contributed by atoms with Crippen LogP contribution in [-0.4, -0.2) is 29.6 Å². The smallest absolute Gasteiger partial charge is 0.340 e. The van der Waals surface area contributed by atoms with Crippen LogP contribution in [0.4, 0.5) is 23.1 Å². The summed E-state index contributed by atoms with van der Waals surface area (Å²) >= 11 is 0. The SMILES string of the molecule is CCOC(=O)c1ccccc1Nc1cc(C)nc(N(C)c2ccccc2)n1. The van der Waals surface area contributed by atoms with Crippen molar-refractivity contribution in [3.8, 4) is 0 Å². The van der Waals surface area contributed by atoms with E-state index in [9.17, 15) is 4.79 Å². The molecule has 0 radical (unpaired) electrons. The number of nitrogens with zero attached hydrogens (tertiary/aromatic N) is 3. The first-order valence-electron chi connectivity index (χ1n) is 8.76. The molecule has 0 amide bonds. The minimum Gasteiger partial charge on any atom is -0.462 e. The van der Waals surface area contributed by atoms with Gasteiger partial charge in [-0.2, -0.15) is 4.98 Å². The van der Waals surface area contributed by atoms with Crippen LogP contribution in [0.5, 0.6) is 0 Å². The molecular formula is C21H22N4O2. The molecule has 0 aliphatic rings. The molecule has 0 atom stereocenters. The molecule has 0 saturated heterocycles. The van der Waals surface area contributed by atoms with Crippen molar-refractivity contribution in [1.29, 1.82) is 0 Å². The second-order valence-corrected chi connectivity index (χ2v) is 5.98. The van der Waals surface area contributed by atoms with Crippen LogP contribution in [0.15, 0.2) is 60.7 Å². The van der Waals surface area contributed by atoms with E-state index < -0.39 is 0 Å². The van der Waals surface area contributed by atoms with Gasteiger partial charge in [0, 0.05) is 24.5 Å². The molecule has 138 valence electrons. The van der Waals surface area contributed by atoms with E-state index in [0.29, 0.717) is 29.6 Å². The number of carbonyl (C=O) groups is 1. The Balaban J connectivity index is 1.91. The molecule has 0 spiro atoms. The summed E-state index contributed by atoms with van der Waals surface area (Å²) in [6, 6.07) is 18.9. The first-order chi connectivity index (χ1) is 13.1. The highest BCUT2D eigenvalue weighted by Crippen LogP contribution is 2.25. The zero-order valence-corrected chi connectivity index (χ0v) is 15.6. The minimum absolute atomic E-state index is 0.325. The van der Waals surface area contributed by atoms with E-state index in [4.69, 9.17) is 4.74 Å². The van der Waals surface area contributed by atoms with E-state index in [0.717, 1.165) is 11.4 Å². The summed E-state index contributed by atoms with van der Waals surface area (Å²) < 4.78 is 5.13. The molecule has 0 fully saturated rings. The van der Waals surface area contributed by atoms with E-state index in [1.54, 1.807) is 19.1 Å². The molecule has 1 N–H and O–H groups in total. The molecular weight excluding hydrogens is 340 g/mol. The molecule has 3 aromatic rings. The zero-order valence-electron chi connectivity index (χ0n) is 15.6. The van der Waals surface area contributed by atoms with Gasteiger partial charge in [-0.15, -0.1) is 0 Å². The Morgan fingerprint density at radius 2 is 1.78 bits per heavy atom. The highest BCUT2D eigenvalue weighted by molar-refractivity contribution is 5.96. The summed E-state index contributed by atoms with van der Waals surface area (Å²) in [5.74, 6) is 0.808. The fraction of sp³-hybridized carbons (Fsp3) is 0.190. The van der Waals surface area contributed by atoms with Crippen LogP contribution in [0.2, 0.25) is 0 Å². The Labute approximate surface area is 158 Å². The van der Waals surface area contributed by atoms with Gasteiger partial charge >= 0.3 is 5.97 Å². The third-order valence-corrected chi connectivity index (χ3v) is 3.97. The van der Waals surface area contributed by atoms with Gasteiger partial charge in [0.05, 0.1) is 17.9 Å². The van der Waals surface area contributed by atoms with E-state index in [1.165, 1.54) is 0 Å². The van der Waals surface area contributed by atoms with Crippen molar-refractivity contribution in [3.05, 3.63) is 71.9 Å². The number of hydrogen-bond donors (Lipinski definition) is 1. The number of benzene rings is 2. The predicted octanol–water partition coefficient (Wildman–Crippen LogP) is 4.47. The van der Waals surface area contributed by atoms with Gasteiger partial charge in [-0.25, -0.2) is 9.78 Å². The van der Waals surface area contributed by atoms with Crippen LogP contribution in [0.3, 0.4) is 0 Å². The molecule has 0 aliphatic carbocycles. The predicted molar refractivity (Wildman–Crippen MR) is 107 cm³/mol. The van der Waals surface area contributed by atoms with Crippen LogP contribution in [0.25, 0.3) is 0 Å². The van der Waals surface area contributed by atoms with Crippen LogP contribution in [0.1, 0.15) is 23.0 Å².